The smallest absolute Gasteiger partial charge is 0.227 e. The van der Waals surface area contributed by atoms with E-state index >= 15 is 0 Å². The van der Waals surface area contributed by atoms with Crippen molar-refractivity contribution in [2.24, 2.45) is 5.73 Å². The molecule has 1 aliphatic rings. The second-order valence-electron chi connectivity index (χ2n) is 5.88. The van der Waals surface area contributed by atoms with Crippen LogP contribution in [0, 0.1) is 6.92 Å². The van der Waals surface area contributed by atoms with Crippen LogP contribution in [0.15, 0.2) is 24.3 Å². The Morgan fingerprint density at radius 2 is 1.76 bits per heavy atom. The van der Waals surface area contributed by atoms with E-state index in [1.807, 2.05) is 4.90 Å². The van der Waals surface area contributed by atoms with E-state index in [0.29, 0.717) is 6.42 Å². The van der Waals surface area contributed by atoms with E-state index in [2.05, 4.69) is 36.1 Å². The summed E-state index contributed by atoms with van der Waals surface area (Å²) in [6, 6.07) is 8.24. The van der Waals surface area contributed by atoms with Gasteiger partial charge in [0, 0.05) is 26.2 Å². The monoisotopic (exact) mass is 289 g/mol. The van der Waals surface area contributed by atoms with Crippen molar-refractivity contribution in [1.29, 1.82) is 0 Å². The SMILES string of the molecule is Cc1ccc(CC(=O)N2CCN(CCCCN)CC2)cc1. The van der Waals surface area contributed by atoms with Crippen LogP contribution in [-0.4, -0.2) is 55.0 Å². The Bertz CT molecular complexity index is 436. The van der Waals surface area contributed by atoms with Gasteiger partial charge in [0.1, 0.15) is 0 Å². The lowest BCUT2D eigenvalue weighted by Crippen LogP contribution is -2.49. The van der Waals surface area contributed by atoms with Crippen LogP contribution in [0.3, 0.4) is 0 Å². The first-order valence-electron chi connectivity index (χ1n) is 7.95. The van der Waals surface area contributed by atoms with Gasteiger partial charge in [-0.2, -0.15) is 0 Å². The molecule has 116 valence electrons. The van der Waals surface area contributed by atoms with Crippen LogP contribution in [0.5, 0.6) is 0 Å². The maximum Gasteiger partial charge on any atom is 0.227 e. The highest BCUT2D eigenvalue weighted by Crippen LogP contribution is 2.09. The molecule has 1 fully saturated rings. The summed E-state index contributed by atoms with van der Waals surface area (Å²) in [6.07, 6.45) is 2.77. The highest BCUT2D eigenvalue weighted by molar-refractivity contribution is 5.78. The summed E-state index contributed by atoms with van der Waals surface area (Å²) in [4.78, 5) is 16.7. The molecule has 2 N–H and O–H groups in total. The maximum absolute atomic E-state index is 12.3. The molecular formula is C17H27N3O. The second-order valence-corrected chi connectivity index (χ2v) is 5.88. The number of benzene rings is 1. The van der Waals surface area contributed by atoms with Crippen molar-refractivity contribution in [1.82, 2.24) is 9.80 Å². The molecule has 0 saturated carbocycles. The summed E-state index contributed by atoms with van der Waals surface area (Å²) < 4.78 is 0. The van der Waals surface area contributed by atoms with Crippen molar-refractivity contribution in [3.8, 4) is 0 Å². The van der Waals surface area contributed by atoms with Crippen LogP contribution in [0.4, 0.5) is 0 Å². The van der Waals surface area contributed by atoms with Gasteiger partial charge in [-0.15, -0.1) is 0 Å². The largest absolute Gasteiger partial charge is 0.340 e. The molecule has 0 unspecified atom stereocenters. The number of unbranched alkanes of at least 4 members (excludes halogenated alkanes) is 1. The first-order chi connectivity index (χ1) is 10.2. The van der Waals surface area contributed by atoms with Crippen molar-refractivity contribution in [2.75, 3.05) is 39.3 Å². The summed E-state index contributed by atoms with van der Waals surface area (Å²) in [5.41, 5.74) is 7.86. The van der Waals surface area contributed by atoms with Gasteiger partial charge < -0.3 is 10.6 Å². The van der Waals surface area contributed by atoms with Crippen LogP contribution in [-0.2, 0) is 11.2 Å². The maximum atomic E-state index is 12.3. The van der Waals surface area contributed by atoms with E-state index in [0.717, 1.165) is 57.7 Å². The van der Waals surface area contributed by atoms with Crippen LogP contribution >= 0.6 is 0 Å². The van der Waals surface area contributed by atoms with Crippen LogP contribution in [0.25, 0.3) is 0 Å². The van der Waals surface area contributed by atoms with E-state index < -0.39 is 0 Å². The molecule has 2 rings (SSSR count). The first kappa shape index (κ1) is 16.0. The molecule has 1 saturated heterocycles. The van der Waals surface area contributed by atoms with Gasteiger partial charge in [-0.3, -0.25) is 9.69 Å². The van der Waals surface area contributed by atoms with Crippen LogP contribution in [0.1, 0.15) is 24.0 Å². The number of amides is 1. The second kappa shape index (κ2) is 8.15. The zero-order valence-electron chi connectivity index (χ0n) is 13.1. The van der Waals surface area contributed by atoms with E-state index in [9.17, 15) is 4.79 Å². The average Bonchev–Trinajstić information content (AvgIpc) is 2.50. The van der Waals surface area contributed by atoms with E-state index in [1.165, 1.54) is 5.56 Å². The minimum atomic E-state index is 0.250. The number of rotatable bonds is 6. The number of nitrogens with zero attached hydrogens (tertiary/aromatic N) is 2. The highest BCUT2D eigenvalue weighted by atomic mass is 16.2. The minimum absolute atomic E-state index is 0.250. The summed E-state index contributed by atoms with van der Waals surface area (Å²) in [5, 5.41) is 0. The van der Waals surface area contributed by atoms with Gasteiger partial charge in [0.2, 0.25) is 5.91 Å². The Morgan fingerprint density at radius 3 is 2.38 bits per heavy atom. The molecule has 0 aliphatic carbocycles. The zero-order valence-corrected chi connectivity index (χ0v) is 13.1. The topological polar surface area (TPSA) is 49.6 Å². The number of piperazine rings is 1. The van der Waals surface area contributed by atoms with Gasteiger partial charge in [-0.25, -0.2) is 0 Å². The van der Waals surface area contributed by atoms with Gasteiger partial charge in [0.25, 0.3) is 0 Å². The van der Waals surface area contributed by atoms with Crippen molar-refractivity contribution in [3.63, 3.8) is 0 Å². The lowest BCUT2D eigenvalue weighted by atomic mass is 10.1. The molecule has 21 heavy (non-hydrogen) atoms. The molecular weight excluding hydrogens is 262 g/mol. The minimum Gasteiger partial charge on any atom is -0.340 e. The number of hydrogen-bond donors (Lipinski definition) is 1. The fourth-order valence-electron chi connectivity index (χ4n) is 2.69. The third-order valence-corrected chi connectivity index (χ3v) is 4.13. The summed E-state index contributed by atoms with van der Waals surface area (Å²) in [7, 11) is 0. The number of carbonyl (C=O) groups is 1. The Labute approximate surface area is 127 Å². The van der Waals surface area contributed by atoms with Crippen molar-refractivity contribution < 1.29 is 4.79 Å². The Kier molecular flexibility index (Phi) is 6.21. The van der Waals surface area contributed by atoms with Crippen molar-refractivity contribution in [3.05, 3.63) is 35.4 Å². The number of carbonyl (C=O) groups excluding carboxylic acids is 1. The predicted molar refractivity (Wildman–Crippen MR) is 86.2 cm³/mol. The zero-order chi connectivity index (χ0) is 15.1. The van der Waals surface area contributed by atoms with E-state index in [4.69, 9.17) is 5.73 Å². The quantitative estimate of drug-likeness (QED) is 0.806. The molecule has 4 nitrogen and oxygen atoms in total. The first-order valence-corrected chi connectivity index (χ1v) is 7.95. The van der Waals surface area contributed by atoms with Gasteiger partial charge in [-0.05, 0) is 38.4 Å². The highest BCUT2D eigenvalue weighted by Gasteiger charge is 2.20. The lowest BCUT2D eigenvalue weighted by Gasteiger charge is -2.34. The molecule has 0 bridgehead atoms. The van der Waals surface area contributed by atoms with E-state index in [1.54, 1.807) is 0 Å². The third kappa shape index (κ3) is 5.14. The number of aryl methyl sites for hydroxylation is 1. The third-order valence-electron chi connectivity index (χ3n) is 4.13. The lowest BCUT2D eigenvalue weighted by molar-refractivity contribution is -0.132. The van der Waals surface area contributed by atoms with Crippen molar-refractivity contribution in [2.45, 2.75) is 26.2 Å². The fraction of sp³-hybridized carbons (Fsp3) is 0.588. The van der Waals surface area contributed by atoms with E-state index in [-0.39, 0.29) is 5.91 Å². The molecule has 1 aromatic rings. The molecule has 0 radical (unpaired) electrons. The molecule has 0 spiro atoms. The van der Waals surface area contributed by atoms with Crippen molar-refractivity contribution >= 4 is 5.91 Å². The van der Waals surface area contributed by atoms with Gasteiger partial charge >= 0.3 is 0 Å². The fourth-order valence-corrected chi connectivity index (χ4v) is 2.69. The van der Waals surface area contributed by atoms with Gasteiger partial charge in [0.15, 0.2) is 0 Å². The number of nitrogens with two attached hydrogens (primary N) is 1. The molecule has 1 heterocycles. The standard InChI is InChI=1S/C17H27N3O/c1-15-4-6-16(7-5-15)14-17(21)20-12-10-19(11-13-20)9-3-2-8-18/h4-7H,2-3,8-14,18H2,1H3. The Hall–Kier alpha value is -1.39. The Morgan fingerprint density at radius 1 is 1.10 bits per heavy atom. The molecule has 0 aromatic heterocycles. The van der Waals surface area contributed by atoms with Crippen LogP contribution < -0.4 is 5.73 Å². The molecule has 1 amide bonds. The number of hydrogen-bond acceptors (Lipinski definition) is 3. The average molecular weight is 289 g/mol. The summed E-state index contributed by atoms with van der Waals surface area (Å²) in [6.45, 7) is 7.64. The normalized spacial score (nSPS) is 16.2. The van der Waals surface area contributed by atoms with Crippen LogP contribution in [0.2, 0.25) is 0 Å². The summed E-state index contributed by atoms with van der Waals surface area (Å²) >= 11 is 0. The summed E-state index contributed by atoms with van der Waals surface area (Å²) in [5.74, 6) is 0.250. The molecule has 4 heteroatoms. The van der Waals surface area contributed by atoms with Gasteiger partial charge in [0.05, 0.1) is 6.42 Å². The molecule has 0 atom stereocenters. The predicted octanol–water partition coefficient (Wildman–Crippen LogP) is 1.42. The Balaban J connectivity index is 1.74. The molecule has 1 aliphatic heterocycles. The molecule has 1 aromatic carbocycles. The van der Waals surface area contributed by atoms with Gasteiger partial charge in [-0.1, -0.05) is 29.8 Å².